The van der Waals surface area contributed by atoms with Gasteiger partial charge in [0, 0.05) is 20.1 Å². The first-order valence-corrected chi connectivity index (χ1v) is 10.9. The smallest absolute Gasteiger partial charge is 0.189 e. The molecule has 0 saturated carbocycles. The predicted octanol–water partition coefficient (Wildman–Crippen LogP) is 7.77. The maximum absolute atomic E-state index is 12.5. The SMILES string of the molecule is Brc1ccccc1Br.CCCCCC1=CC=C2C(=Cc3ccccc32)C1=O. The highest BCUT2D eigenvalue weighted by atomic mass is 79.9. The number of halogens is 2. The van der Waals surface area contributed by atoms with Crippen molar-refractivity contribution in [3.05, 3.63) is 91.9 Å². The topological polar surface area (TPSA) is 17.1 Å². The van der Waals surface area contributed by atoms with Crippen LogP contribution in [0.4, 0.5) is 0 Å². The molecule has 0 bridgehead atoms. The molecule has 2 aromatic carbocycles. The maximum Gasteiger partial charge on any atom is 0.189 e. The van der Waals surface area contributed by atoms with E-state index < -0.39 is 0 Å². The van der Waals surface area contributed by atoms with Gasteiger partial charge in [-0.15, -0.1) is 0 Å². The first-order chi connectivity index (χ1) is 13.1. The van der Waals surface area contributed by atoms with Gasteiger partial charge in [0.15, 0.2) is 5.78 Å². The zero-order chi connectivity index (χ0) is 19.2. The van der Waals surface area contributed by atoms with Gasteiger partial charge in [-0.05, 0) is 79.6 Å². The number of benzene rings is 2. The third-order valence-electron chi connectivity index (χ3n) is 4.70. The number of carbonyl (C=O) groups is 1. The van der Waals surface area contributed by atoms with E-state index in [1.165, 1.54) is 24.0 Å². The van der Waals surface area contributed by atoms with E-state index >= 15 is 0 Å². The van der Waals surface area contributed by atoms with E-state index in [1.54, 1.807) is 0 Å². The van der Waals surface area contributed by atoms with E-state index in [-0.39, 0.29) is 5.78 Å². The molecule has 2 aliphatic rings. The summed E-state index contributed by atoms with van der Waals surface area (Å²) in [5.74, 6) is 0.227. The standard InChI is InChI=1S/C18H18O.C6H4Br2/c1-2-3-4-7-13-10-11-16-15-9-6-5-8-14(15)12-17(16)18(13)19;7-5-3-1-2-4-6(5)8/h5-6,8-12H,2-4,7H2,1H3;1-4H. The zero-order valence-electron chi connectivity index (χ0n) is 15.3. The van der Waals surface area contributed by atoms with Crippen LogP contribution in [0.25, 0.3) is 11.6 Å². The van der Waals surface area contributed by atoms with Gasteiger partial charge in [0.1, 0.15) is 0 Å². The van der Waals surface area contributed by atoms with E-state index in [0.717, 1.165) is 38.5 Å². The van der Waals surface area contributed by atoms with E-state index in [1.807, 2.05) is 48.6 Å². The monoisotopic (exact) mass is 484 g/mol. The van der Waals surface area contributed by atoms with Crippen LogP contribution in [0.5, 0.6) is 0 Å². The number of hydrogen-bond acceptors (Lipinski definition) is 1. The molecule has 3 heteroatoms. The fourth-order valence-corrected chi connectivity index (χ4v) is 3.82. The number of hydrogen-bond donors (Lipinski definition) is 0. The summed E-state index contributed by atoms with van der Waals surface area (Å²) < 4.78 is 2.19. The number of fused-ring (bicyclic) bond motifs is 3. The fraction of sp³-hybridized carbons (Fsp3) is 0.208. The zero-order valence-corrected chi connectivity index (χ0v) is 18.5. The molecule has 0 aliphatic heterocycles. The Labute approximate surface area is 178 Å². The summed E-state index contributed by atoms with van der Waals surface area (Å²) in [6, 6.07) is 16.2. The van der Waals surface area contributed by atoms with Gasteiger partial charge in [0.25, 0.3) is 0 Å². The largest absolute Gasteiger partial charge is 0.289 e. The summed E-state index contributed by atoms with van der Waals surface area (Å²) in [6.45, 7) is 2.19. The Bertz CT molecular complexity index is 914. The van der Waals surface area contributed by atoms with Crippen LogP contribution in [0.3, 0.4) is 0 Å². The number of unbranched alkanes of at least 4 members (excludes halogenated alkanes) is 2. The van der Waals surface area contributed by atoms with Crippen LogP contribution in [-0.4, -0.2) is 5.78 Å². The maximum atomic E-state index is 12.5. The van der Waals surface area contributed by atoms with Crippen molar-refractivity contribution in [2.24, 2.45) is 0 Å². The average molecular weight is 486 g/mol. The molecular formula is C24H22Br2O. The van der Waals surface area contributed by atoms with E-state index in [2.05, 4.69) is 57.0 Å². The molecule has 138 valence electrons. The molecule has 0 spiro atoms. The van der Waals surface area contributed by atoms with Crippen molar-refractivity contribution in [1.82, 2.24) is 0 Å². The Morgan fingerprint density at radius 1 is 0.815 bits per heavy atom. The molecule has 0 atom stereocenters. The quantitative estimate of drug-likeness (QED) is 0.404. The van der Waals surface area contributed by atoms with Crippen LogP contribution >= 0.6 is 31.9 Å². The summed E-state index contributed by atoms with van der Waals surface area (Å²) in [7, 11) is 0. The van der Waals surface area contributed by atoms with E-state index in [0.29, 0.717) is 0 Å². The fourth-order valence-electron chi connectivity index (χ4n) is 3.25. The van der Waals surface area contributed by atoms with Crippen LogP contribution in [0, 0.1) is 0 Å². The van der Waals surface area contributed by atoms with Crippen LogP contribution in [0.15, 0.2) is 80.8 Å². The Balaban J connectivity index is 0.000000221. The molecule has 0 aromatic heterocycles. The minimum absolute atomic E-state index is 0.227. The molecule has 0 saturated heterocycles. The lowest BCUT2D eigenvalue weighted by Crippen LogP contribution is -2.09. The van der Waals surface area contributed by atoms with Crippen molar-refractivity contribution in [2.75, 3.05) is 0 Å². The van der Waals surface area contributed by atoms with Crippen LogP contribution in [-0.2, 0) is 4.79 Å². The lowest BCUT2D eigenvalue weighted by Gasteiger charge is -2.13. The molecular weight excluding hydrogens is 464 g/mol. The van der Waals surface area contributed by atoms with Crippen LogP contribution in [0.2, 0.25) is 0 Å². The Morgan fingerprint density at radius 3 is 2.15 bits per heavy atom. The first kappa shape index (κ1) is 20.0. The van der Waals surface area contributed by atoms with Gasteiger partial charge in [0.05, 0.1) is 0 Å². The second-order valence-electron chi connectivity index (χ2n) is 6.62. The van der Waals surface area contributed by atoms with Gasteiger partial charge in [-0.2, -0.15) is 0 Å². The third kappa shape index (κ3) is 4.77. The lowest BCUT2D eigenvalue weighted by atomic mass is 9.89. The Kier molecular flexibility index (Phi) is 7.03. The average Bonchev–Trinajstić information content (AvgIpc) is 3.06. The van der Waals surface area contributed by atoms with Gasteiger partial charge in [0.2, 0.25) is 0 Å². The number of Topliss-reactive ketones (excluding diaryl/α,β-unsaturated/α-hetero) is 1. The molecule has 2 aliphatic carbocycles. The minimum atomic E-state index is 0.227. The predicted molar refractivity (Wildman–Crippen MR) is 121 cm³/mol. The highest BCUT2D eigenvalue weighted by Crippen LogP contribution is 2.39. The number of ketones is 1. The highest BCUT2D eigenvalue weighted by molar-refractivity contribution is 9.13. The second kappa shape index (κ2) is 9.48. The molecule has 4 rings (SSSR count). The molecule has 1 nitrogen and oxygen atoms in total. The van der Waals surface area contributed by atoms with Crippen LogP contribution < -0.4 is 0 Å². The van der Waals surface area contributed by atoms with Gasteiger partial charge in [-0.1, -0.05) is 68.3 Å². The molecule has 0 unspecified atom stereocenters. The van der Waals surface area contributed by atoms with Crippen molar-refractivity contribution in [2.45, 2.75) is 32.6 Å². The van der Waals surface area contributed by atoms with Crippen molar-refractivity contribution < 1.29 is 4.79 Å². The normalized spacial score (nSPS) is 14.3. The highest BCUT2D eigenvalue weighted by Gasteiger charge is 2.27. The van der Waals surface area contributed by atoms with E-state index in [4.69, 9.17) is 0 Å². The number of rotatable bonds is 4. The first-order valence-electron chi connectivity index (χ1n) is 9.29. The molecule has 0 radical (unpaired) electrons. The van der Waals surface area contributed by atoms with E-state index in [9.17, 15) is 4.79 Å². The van der Waals surface area contributed by atoms with Gasteiger partial charge in [-0.25, -0.2) is 0 Å². The Morgan fingerprint density at radius 2 is 1.48 bits per heavy atom. The van der Waals surface area contributed by atoms with Crippen molar-refractivity contribution in [3.63, 3.8) is 0 Å². The molecule has 2 aromatic rings. The summed E-state index contributed by atoms with van der Waals surface area (Å²) in [4.78, 5) is 12.5. The minimum Gasteiger partial charge on any atom is -0.289 e. The molecule has 0 heterocycles. The lowest BCUT2D eigenvalue weighted by molar-refractivity contribution is -0.112. The summed E-state index contributed by atoms with van der Waals surface area (Å²) in [6.07, 6.45) is 10.6. The van der Waals surface area contributed by atoms with Gasteiger partial charge in [-0.3, -0.25) is 4.79 Å². The molecule has 0 fully saturated rings. The van der Waals surface area contributed by atoms with Crippen molar-refractivity contribution in [1.29, 1.82) is 0 Å². The third-order valence-corrected chi connectivity index (χ3v) is 6.62. The molecule has 0 N–H and O–H groups in total. The van der Waals surface area contributed by atoms with Crippen LogP contribution in [0.1, 0.15) is 43.7 Å². The molecule has 27 heavy (non-hydrogen) atoms. The summed E-state index contributed by atoms with van der Waals surface area (Å²) in [5.41, 5.74) is 5.31. The van der Waals surface area contributed by atoms with Crippen molar-refractivity contribution >= 4 is 49.3 Å². The van der Waals surface area contributed by atoms with Gasteiger partial charge >= 0.3 is 0 Å². The molecule has 0 amide bonds. The Hall–Kier alpha value is -1.71. The van der Waals surface area contributed by atoms with Gasteiger partial charge < -0.3 is 0 Å². The summed E-state index contributed by atoms with van der Waals surface area (Å²) in [5, 5.41) is 0. The number of allylic oxidation sites excluding steroid dienone is 5. The van der Waals surface area contributed by atoms with Crippen molar-refractivity contribution in [3.8, 4) is 0 Å². The summed E-state index contributed by atoms with van der Waals surface area (Å²) >= 11 is 6.70. The second-order valence-corrected chi connectivity index (χ2v) is 8.33. The number of carbonyl (C=O) groups excluding carboxylic acids is 1.